The lowest BCUT2D eigenvalue weighted by Crippen LogP contribution is -2.48. The molecule has 0 aliphatic heterocycles. The van der Waals surface area contributed by atoms with Crippen LogP contribution in [0.2, 0.25) is 0 Å². The number of nitrogens with one attached hydrogen (secondary N) is 2. The van der Waals surface area contributed by atoms with Crippen LogP contribution in [0.15, 0.2) is 36.0 Å². The summed E-state index contributed by atoms with van der Waals surface area (Å²) in [6.07, 6.45) is 0.792. The number of pyridine rings is 1. The molecule has 0 bridgehead atoms. The van der Waals surface area contributed by atoms with Crippen molar-refractivity contribution >= 4 is 34.6 Å². The summed E-state index contributed by atoms with van der Waals surface area (Å²) < 4.78 is 41.2. The van der Waals surface area contributed by atoms with Crippen molar-refractivity contribution in [1.29, 1.82) is 0 Å². The van der Waals surface area contributed by atoms with Crippen LogP contribution >= 0.6 is 11.3 Å². The summed E-state index contributed by atoms with van der Waals surface area (Å²) in [5.74, 6) is -1.02. The van der Waals surface area contributed by atoms with Gasteiger partial charge in [-0.15, -0.1) is 11.3 Å². The molecule has 31 heavy (non-hydrogen) atoms. The van der Waals surface area contributed by atoms with Gasteiger partial charge in [0.05, 0.1) is 11.1 Å². The van der Waals surface area contributed by atoms with Gasteiger partial charge in [-0.3, -0.25) is 9.59 Å². The maximum Gasteiger partial charge on any atom is 0.408 e. The van der Waals surface area contributed by atoms with Crippen LogP contribution in [0.4, 0.5) is 19.0 Å². The van der Waals surface area contributed by atoms with Crippen LogP contribution in [0.5, 0.6) is 0 Å². The predicted octanol–water partition coefficient (Wildman–Crippen LogP) is 4.73. The van der Waals surface area contributed by atoms with E-state index in [1.807, 2.05) is 6.07 Å². The average Bonchev–Trinajstić information content (AvgIpc) is 3.29. The topological polar surface area (TPSA) is 75.5 Å². The number of alkyl halides is 3. The second-order valence-corrected chi connectivity index (χ2v) is 8.92. The Bertz CT molecular complexity index is 1130. The number of carbonyl (C=O) groups excluding carboxylic acids is 2. The highest BCUT2D eigenvalue weighted by Crippen LogP contribution is 2.31. The molecule has 3 heterocycles. The highest BCUT2D eigenvalue weighted by atomic mass is 32.1. The molecular weight excluding hydrogens is 429 g/mol. The van der Waals surface area contributed by atoms with Crippen LogP contribution in [0.3, 0.4) is 0 Å². The first kappa shape index (κ1) is 21.4. The third-order valence-electron chi connectivity index (χ3n) is 5.11. The summed E-state index contributed by atoms with van der Waals surface area (Å²) in [6, 6.07) is 3.25. The Morgan fingerprint density at radius 1 is 1.19 bits per heavy atom. The highest BCUT2D eigenvalue weighted by Gasteiger charge is 2.42. The SMILES string of the molecule is CC(C)C(NC(=O)c1cc(-c2ccc3nc(NC(=O)C4CC4)cn3c2)cs1)C(F)(F)F. The lowest BCUT2D eigenvalue weighted by atomic mass is 10.0. The van der Waals surface area contributed by atoms with E-state index in [1.165, 1.54) is 13.8 Å². The fourth-order valence-corrected chi connectivity index (χ4v) is 4.06. The molecule has 3 aromatic rings. The normalized spacial score (nSPS) is 15.3. The lowest BCUT2D eigenvalue weighted by Gasteiger charge is -2.24. The molecule has 2 N–H and O–H groups in total. The van der Waals surface area contributed by atoms with Crippen LogP contribution in [0.1, 0.15) is 36.4 Å². The maximum absolute atomic E-state index is 13.1. The molecule has 3 aromatic heterocycles. The molecule has 0 aromatic carbocycles. The zero-order valence-electron chi connectivity index (χ0n) is 16.9. The number of hydrogen-bond donors (Lipinski definition) is 2. The van der Waals surface area contributed by atoms with Crippen molar-refractivity contribution in [2.24, 2.45) is 11.8 Å². The standard InChI is InChI=1S/C21H21F3N4O2S/c1-11(2)18(21(22,23)24)27-20(30)15-7-14(10-31-15)13-5-6-17-25-16(9-28(17)8-13)26-19(29)12-3-4-12/h5-12,18H,3-4H2,1-2H3,(H,26,29)(H,27,30). The van der Waals surface area contributed by atoms with Gasteiger partial charge in [-0.05, 0) is 53.5 Å². The first-order valence-electron chi connectivity index (χ1n) is 9.88. The van der Waals surface area contributed by atoms with Crippen molar-refractivity contribution < 1.29 is 22.8 Å². The zero-order valence-corrected chi connectivity index (χ0v) is 17.7. The lowest BCUT2D eigenvalue weighted by molar-refractivity contribution is -0.162. The van der Waals surface area contributed by atoms with Gasteiger partial charge in [-0.25, -0.2) is 4.98 Å². The van der Waals surface area contributed by atoms with E-state index in [9.17, 15) is 22.8 Å². The van der Waals surface area contributed by atoms with Crippen LogP contribution in [-0.4, -0.2) is 33.4 Å². The molecule has 1 unspecified atom stereocenters. The van der Waals surface area contributed by atoms with Gasteiger partial charge in [0.2, 0.25) is 5.91 Å². The third kappa shape index (κ3) is 4.73. The number of anilines is 1. The minimum Gasteiger partial charge on any atom is -0.339 e. The molecule has 4 rings (SSSR count). The summed E-state index contributed by atoms with van der Waals surface area (Å²) in [4.78, 5) is 28.9. The summed E-state index contributed by atoms with van der Waals surface area (Å²) in [5, 5.41) is 6.61. The number of amides is 2. The molecule has 164 valence electrons. The van der Waals surface area contributed by atoms with Gasteiger partial charge in [-0.1, -0.05) is 13.8 Å². The first-order chi connectivity index (χ1) is 14.6. The fraction of sp³-hybridized carbons (Fsp3) is 0.381. The average molecular weight is 450 g/mol. The molecule has 1 atom stereocenters. The quantitative estimate of drug-likeness (QED) is 0.570. The van der Waals surface area contributed by atoms with Gasteiger partial charge in [0.15, 0.2) is 5.82 Å². The van der Waals surface area contributed by atoms with Crippen LogP contribution < -0.4 is 10.6 Å². The number of nitrogens with zero attached hydrogens (tertiary/aromatic N) is 2. The Hall–Kier alpha value is -2.88. The summed E-state index contributed by atoms with van der Waals surface area (Å²) in [5.41, 5.74) is 2.13. The minimum atomic E-state index is -4.51. The molecule has 0 spiro atoms. The van der Waals surface area contributed by atoms with Crippen LogP contribution in [0, 0.1) is 11.8 Å². The second kappa shape index (κ2) is 7.99. The fourth-order valence-electron chi connectivity index (χ4n) is 3.24. The van der Waals surface area contributed by atoms with Crippen molar-refractivity contribution in [3.63, 3.8) is 0 Å². The number of carbonyl (C=O) groups is 2. The predicted molar refractivity (Wildman–Crippen MR) is 112 cm³/mol. The van der Waals surface area contributed by atoms with Gasteiger partial charge >= 0.3 is 6.18 Å². The summed E-state index contributed by atoms with van der Waals surface area (Å²) >= 11 is 1.08. The molecule has 1 fully saturated rings. The molecule has 1 saturated carbocycles. The number of aromatic nitrogens is 2. The van der Waals surface area contributed by atoms with Crippen LogP contribution in [0.25, 0.3) is 16.8 Å². The van der Waals surface area contributed by atoms with Crippen molar-refractivity contribution in [3.05, 3.63) is 40.8 Å². The van der Waals surface area contributed by atoms with Gasteiger partial charge in [0.1, 0.15) is 11.7 Å². The van der Waals surface area contributed by atoms with Crippen molar-refractivity contribution in [3.8, 4) is 11.1 Å². The maximum atomic E-state index is 13.1. The summed E-state index contributed by atoms with van der Waals surface area (Å²) in [6.45, 7) is 2.83. The molecule has 1 aliphatic carbocycles. The van der Waals surface area contributed by atoms with Crippen LogP contribution in [-0.2, 0) is 4.79 Å². The minimum absolute atomic E-state index is 0.0318. The molecule has 1 aliphatic rings. The Balaban J connectivity index is 1.51. The number of hydrogen-bond acceptors (Lipinski definition) is 4. The van der Waals surface area contributed by atoms with Crippen molar-refractivity contribution in [2.45, 2.75) is 38.9 Å². The molecule has 2 amide bonds. The van der Waals surface area contributed by atoms with Gasteiger partial charge < -0.3 is 15.0 Å². The number of halogens is 3. The van der Waals surface area contributed by atoms with E-state index in [-0.39, 0.29) is 16.7 Å². The Morgan fingerprint density at radius 2 is 1.94 bits per heavy atom. The van der Waals surface area contributed by atoms with E-state index in [2.05, 4.69) is 15.6 Å². The smallest absolute Gasteiger partial charge is 0.339 e. The van der Waals surface area contributed by atoms with Gasteiger partial charge in [0.25, 0.3) is 5.91 Å². The van der Waals surface area contributed by atoms with Gasteiger partial charge in [0, 0.05) is 12.1 Å². The first-order valence-corrected chi connectivity index (χ1v) is 10.8. The number of fused-ring (bicyclic) bond motifs is 1. The Labute approximate surface area is 180 Å². The Kier molecular flexibility index (Phi) is 5.50. The molecule has 6 nitrogen and oxygen atoms in total. The van der Waals surface area contributed by atoms with E-state index < -0.39 is 24.0 Å². The van der Waals surface area contributed by atoms with Crippen molar-refractivity contribution in [1.82, 2.24) is 14.7 Å². The number of rotatable bonds is 6. The monoisotopic (exact) mass is 450 g/mol. The van der Waals surface area contributed by atoms with E-state index in [0.29, 0.717) is 17.0 Å². The molecule has 10 heteroatoms. The Morgan fingerprint density at radius 3 is 2.58 bits per heavy atom. The third-order valence-corrected chi connectivity index (χ3v) is 6.04. The van der Waals surface area contributed by atoms with E-state index >= 15 is 0 Å². The summed E-state index contributed by atoms with van der Waals surface area (Å²) in [7, 11) is 0. The van der Waals surface area contributed by atoms with E-state index in [4.69, 9.17) is 0 Å². The zero-order chi connectivity index (χ0) is 22.3. The van der Waals surface area contributed by atoms with E-state index in [0.717, 1.165) is 29.7 Å². The molecule has 0 radical (unpaired) electrons. The second-order valence-electron chi connectivity index (χ2n) is 8.01. The highest BCUT2D eigenvalue weighted by molar-refractivity contribution is 7.12. The molecular formula is C21H21F3N4O2S. The largest absolute Gasteiger partial charge is 0.408 e. The number of thiophene rings is 1. The number of imidazole rings is 1. The molecule has 0 saturated heterocycles. The van der Waals surface area contributed by atoms with Crippen molar-refractivity contribution in [2.75, 3.05) is 5.32 Å². The van der Waals surface area contributed by atoms with Gasteiger partial charge in [-0.2, -0.15) is 13.2 Å². The van der Waals surface area contributed by atoms with E-state index in [1.54, 1.807) is 34.3 Å².